The summed E-state index contributed by atoms with van der Waals surface area (Å²) in [5.41, 5.74) is 9.33. The second kappa shape index (κ2) is 9.61. The number of para-hydroxylation sites is 2. The van der Waals surface area contributed by atoms with Crippen LogP contribution in [0.1, 0.15) is 17.1 Å². The van der Waals surface area contributed by atoms with Crippen molar-refractivity contribution in [1.29, 1.82) is 5.26 Å². The molecule has 10 heteroatoms. The van der Waals surface area contributed by atoms with Gasteiger partial charge in [-0.2, -0.15) is 5.26 Å². The van der Waals surface area contributed by atoms with Crippen molar-refractivity contribution >= 4 is 40.6 Å². The molecule has 0 spiro atoms. The monoisotopic (exact) mass is 467 g/mol. The Morgan fingerprint density at radius 1 is 1.16 bits per heavy atom. The molecule has 164 valence electrons. The van der Waals surface area contributed by atoms with Crippen molar-refractivity contribution in [2.75, 3.05) is 41.7 Å². The van der Waals surface area contributed by atoms with Crippen LogP contribution in [-0.4, -0.2) is 46.2 Å². The van der Waals surface area contributed by atoms with Crippen molar-refractivity contribution in [2.45, 2.75) is 23.5 Å². The van der Waals surface area contributed by atoms with Gasteiger partial charge in [-0.25, -0.2) is 15.0 Å². The first-order valence-corrected chi connectivity index (χ1v) is 11.3. The maximum absolute atomic E-state index is 9.99. The van der Waals surface area contributed by atoms with E-state index in [4.69, 9.17) is 27.6 Å². The number of nitrogens with zero attached hydrogens (tertiary/aromatic N) is 6. The number of piperazine rings is 1. The molecule has 8 nitrogen and oxygen atoms in total. The molecule has 1 aromatic carbocycles. The summed E-state index contributed by atoms with van der Waals surface area (Å²) in [7, 11) is 0. The van der Waals surface area contributed by atoms with Crippen LogP contribution in [0.15, 0.2) is 46.5 Å². The summed E-state index contributed by atoms with van der Waals surface area (Å²) in [6.45, 7) is 4.71. The van der Waals surface area contributed by atoms with Gasteiger partial charge in [-0.1, -0.05) is 35.5 Å². The fraction of sp³-hybridized carbons (Fsp3) is 0.273. The zero-order valence-electron chi connectivity index (χ0n) is 17.5. The van der Waals surface area contributed by atoms with Crippen molar-refractivity contribution in [3.63, 3.8) is 0 Å². The van der Waals surface area contributed by atoms with E-state index in [9.17, 15) is 5.11 Å². The molecular formula is C22H22ClN7OS. The minimum atomic E-state index is -0.227. The summed E-state index contributed by atoms with van der Waals surface area (Å²) >= 11 is 7.59. The van der Waals surface area contributed by atoms with Crippen molar-refractivity contribution in [3.05, 3.63) is 58.6 Å². The average Bonchev–Trinajstić information content (AvgIpc) is 2.82. The molecule has 1 fully saturated rings. The number of aliphatic hydroxyl groups excluding tert-OH is 1. The molecule has 0 radical (unpaired) electrons. The zero-order chi connectivity index (χ0) is 22.7. The largest absolute Gasteiger partial charge is 0.397 e. The van der Waals surface area contributed by atoms with Gasteiger partial charge in [0, 0.05) is 37.3 Å². The van der Waals surface area contributed by atoms with Gasteiger partial charge in [-0.05, 0) is 25.1 Å². The Balaban J connectivity index is 1.54. The van der Waals surface area contributed by atoms with E-state index in [1.54, 1.807) is 6.07 Å². The molecule has 0 aliphatic carbocycles. The number of nitrogens with two attached hydrogens (primary N) is 1. The highest BCUT2D eigenvalue weighted by Crippen LogP contribution is 2.36. The molecule has 1 aliphatic heterocycles. The predicted octanol–water partition coefficient (Wildman–Crippen LogP) is 3.26. The summed E-state index contributed by atoms with van der Waals surface area (Å²) in [4.78, 5) is 18.5. The van der Waals surface area contributed by atoms with E-state index < -0.39 is 0 Å². The molecule has 1 saturated heterocycles. The molecule has 4 rings (SSSR count). The number of anilines is 3. The quantitative estimate of drug-likeness (QED) is 0.545. The Hall–Kier alpha value is -3.06. The maximum Gasteiger partial charge on any atom is 0.160 e. The van der Waals surface area contributed by atoms with Crippen LogP contribution < -0.4 is 15.5 Å². The summed E-state index contributed by atoms with van der Waals surface area (Å²) in [5.74, 6) is 0.688. The lowest BCUT2D eigenvalue weighted by atomic mass is 10.2. The fourth-order valence-corrected chi connectivity index (χ4v) is 4.74. The first kappa shape index (κ1) is 22.1. The highest BCUT2D eigenvalue weighted by atomic mass is 35.5. The molecule has 1 aliphatic rings. The number of pyridine rings is 1. The molecule has 32 heavy (non-hydrogen) atoms. The predicted molar refractivity (Wildman–Crippen MR) is 126 cm³/mol. The number of hydrogen-bond donors (Lipinski definition) is 2. The lowest BCUT2D eigenvalue weighted by molar-refractivity contribution is 0.275. The van der Waals surface area contributed by atoms with Crippen LogP contribution >= 0.6 is 23.4 Å². The first-order chi connectivity index (χ1) is 15.5. The van der Waals surface area contributed by atoms with Gasteiger partial charge in [0.1, 0.15) is 16.8 Å². The Morgan fingerprint density at radius 3 is 2.56 bits per heavy atom. The third kappa shape index (κ3) is 4.43. The maximum atomic E-state index is 9.99. The second-order valence-corrected chi connectivity index (χ2v) is 8.67. The Labute approximate surface area is 195 Å². The molecule has 0 unspecified atom stereocenters. The Morgan fingerprint density at radius 2 is 1.88 bits per heavy atom. The third-order valence-corrected chi connectivity index (χ3v) is 6.89. The van der Waals surface area contributed by atoms with Crippen LogP contribution in [0.5, 0.6) is 0 Å². The van der Waals surface area contributed by atoms with E-state index in [-0.39, 0.29) is 17.3 Å². The van der Waals surface area contributed by atoms with Gasteiger partial charge in [0.15, 0.2) is 11.5 Å². The number of nitrogen functional groups attached to an aromatic ring is 1. The van der Waals surface area contributed by atoms with Gasteiger partial charge in [-0.15, -0.1) is 0 Å². The van der Waals surface area contributed by atoms with E-state index in [0.29, 0.717) is 21.4 Å². The lowest BCUT2D eigenvalue weighted by Gasteiger charge is -2.37. The number of nitriles is 1. The smallest absolute Gasteiger partial charge is 0.160 e. The minimum absolute atomic E-state index is 0.165. The molecule has 3 heterocycles. The number of aryl methyl sites for hydroxylation is 1. The Bertz CT molecular complexity index is 1180. The van der Waals surface area contributed by atoms with E-state index >= 15 is 0 Å². The number of hydrogen-bond acceptors (Lipinski definition) is 9. The molecule has 3 aromatic rings. The van der Waals surface area contributed by atoms with Crippen molar-refractivity contribution < 1.29 is 5.11 Å². The van der Waals surface area contributed by atoms with E-state index in [0.717, 1.165) is 43.2 Å². The van der Waals surface area contributed by atoms with Gasteiger partial charge in [-0.3, -0.25) is 0 Å². The summed E-state index contributed by atoms with van der Waals surface area (Å²) in [6, 6.07) is 11.6. The van der Waals surface area contributed by atoms with Crippen molar-refractivity contribution in [2.24, 2.45) is 0 Å². The van der Waals surface area contributed by atoms with Crippen LogP contribution in [0.3, 0.4) is 0 Å². The van der Waals surface area contributed by atoms with E-state index in [1.165, 1.54) is 18.0 Å². The van der Waals surface area contributed by atoms with Crippen molar-refractivity contribution in [3.8, 4) is 6.07 Å². The van der Waals surface area contributed by atoms with Crippen LogP contribution in [0.2, 0.25) is 5.02 Å². The number of rotatable bonds is 5. The van der Waals surface area contributed by atoms with Crippen LogP contribution in [0, 0.1) is 18.3 Å². The summed E-state index contributed by atoms with van der Waals surface area (Å²) < 4.78 is 0. The topological polar surface area (TPSA) is 115 Å². The second-order valence-electron chi connectivity index (χ2n) is 7.26. The Kier molecular flexibility index (Phi) is 6.65. The number of aromatic nitrogens is 3. The SMILES string of the molecule is Cc1nc(N2CCN(c3ccccc3N)CC2)c(CO)nc1Sc1ccnc(C#N)c1Cl. The highest BCUT2D eigenvalue weighted by Gasteiger charge is 2.23. The first-order valence-electron chi connectivity index (χ1n) is 10.1. The molecule has 2 aromatic heterocycles. The normalized spacial score (nSPS) is 13.8. The molecule has 0 atom stereocenters. The van der Waals surface area contributed by atoms with Gasteiger partial charge < -0.3 is 20.6 Å². The van der Waals surface area contributed by atoms with Gasteiger partial charge >= 0.3 is 0 Å². The number of benzene rings is 1. The number of halogens is 1. The van der Waals surface area contributed by atoms with Crippen LogP contribution in [-0.2, 0) is 6.61 Å². The van der Waals surface area contributed by atoms with Gasteiger partial charge in [0.05, 0.1) is 28.7 Å². The standard InChI is InChI=1S/C22H22ClN7OS/c1-14-22(32-19-6-7-26-16(12-24)20(19)23)28-17(13-31)21(27-14)30-10-8-29(9-11-30)18-5-3-2-4-15(18)25/h2-7,31H,8-11,13,25H2,1H3. The summed E-state index contributed by atoms with van der Waals surface area (Å²) in [6.07, 6.45) is 1.54. The minimum Gasteiger partial charge on any atom is -0.397 e. The third-order valence-electron chi connectivity index (χ3n) is 5.25. The molecule has 0 bridgehead atoms. The molecule has 3 N–H and O–H groups in total. The van der Waals surface area contributed by atoms with E-state index in [1.807, 2.05) is 37.3 Å². The summed E-state index contributed by atoms with van der Waals surface area (Å²) in [5, 5.41) is 20.1. The lowest BCUT2D eigenvalue weighted by Crippen LogP contribution is -2.47. The van der Waals surface area contributed by atoms with Crippen molar-refractivity contribution in [1.82, 2.24) is 15.0 Å². The van der Waals surface area contributed by atoms with Gasteiger partial charge in [0.25, 0.3) is 0 Å². The molecular weight excluding hydrogens is 446 g/mol. The number of aliphatic hydroxyl groups is 1. The molecule has 0 saturated carbocycles. The highest BCUT2D eigenvalue weighted by molar-refractivity contribution is 7.99. The average molecular weight is 468 g/mol. The fourth-order valence-electron chi connectivity index (χ4n) is 3.60. The zero-order valence-corrected chi connectivity index (χ0v) is 19.1. The van der Waals surface area contributed by atoms with Crippen LogP contribution in [0.4, 0.5) is 17.2 Å². The van der Waals surface area contributed by atoms with Crippen LogP contribution in [0.25, 0.3) is 0 Å². The van der Waals surface area contributed by atoms with E-state index in [2.05, 4.69) is 19.8 Å². The van der Waals surface area contributed by atoms with Gasteiger partial charge in [0.2, 0.25) is 0 Å². The molecule has 0 amide bonds.